The normalized spacial score (nSPS) is 11.7. The largest absolute Gasteiger partial charge is 0.454 e. The van der Waals surface area contributed by atoms with Gasteiger partial charge in [0.1, 0.15) is 11.2 Å². The van der Waals surface area contributed by atoms with E-state index in [-0.39, 0.29) is 0 Å². The minimum atomic E-state index is 0.833. The average molecular weight is 453 g/mol. The molecule has 7 rings (SSSR count). The van der Waals surface area contributed by atoms with Crippen LogP contribution in [0.1, 0.15) is 5.56 Å². The van der Waals surface area contributed by atoms with Gasteiger partial charge in [0, 0.05) is 16.3 Å². The van der Waals surface area contributed by atoms with Gasteiger partial charge in [0.05, 0.1) is 12.6 Å². The van der Waals surface area contributed by atoms with Crippen LogP contribution in [0.3, 0.4) is 0 Å². The maximum absolute atomic E-state index is 6.75. The molecule has 0 bridgehead atoms. The summed E-state index contributed by atoms with van der Waals surface area (Å²) in [6.45, 7) is 2.10. The zero-order valence-electron chi connectivity index (χ0n) is 19.5. The molecule has 0 saturated heterocycles. The maximum atomic E-state index is 6.75. The molecule has 0 atom stereocenters. The van der Waals surface area contributed by atoms with Gasteiger partial charge in [-0.15, -0.1) is 0 Å². The summed E-state index contributed by atoms with van der Waals surface area (Å²) in [4.78, 5) is 8.73. The highest BCUT2D eigenvalue weighted by Gasteiger charge is 2.22. The van der Waals surface area contributed by atoms with Gasteiger partial charge < -0.3 is 4.42 Å². The van der Waals surface area contributed by atoms with Gasteiger partial charge in [-0.25, -0.2) is 4.57 Å². The third kappa shape index (κ3) is 2.90. The molecular weight excluding hydrogens is 430 g/mol. The molecule has 0 aliphatic heterocycles. The second-order valence-corrected chi connectivity index (χ2v) is 9.05. The van der Waals surface area contributed by atoms with Crippen molar-refractivity contribution in [1.82, 2.24) is 9.97 Å². The van der Waals surface area contributed by atoms with E-state index in [0.717, 1.165) is 44.5 Å². The molecule has 0 saturated carbocycles. The molecule has 0 amide bonds. The van der Waals surface area contributed by atoms with Crippen molar-refractivity contribution in [3.8, 4) is 22.5 Å². The minimum Gasteiger partial charge on any atom is -0.454 e. The fourth-order valence-corrected chi connectivity index (χ4v) is 5.33. The van der Waals surface area contributed by atoms with E-state index < -0.39 is 0 Å². The van der Waals surface area contributed by atoms with E-state index >= 15 is 0 Å². The summed E-state index contributed by atoms with van der Waals surface area (Å²) in [5.74, 6) is 0.833. The van der Waals surface area contributed by atoms with Crippen LogP contribution >= 0.6 is 0 Å². The Kier molecular flexibility index (Phi) is 4.24. The predicted molar refractivity (Wildman–Crippen MR) is 141 cm³/mol. The molecule has 7 aromatic rings. The molecule has 0 aliphatic rings. The van der Waals surface area contributed by atoms with Crippen LogP contribution in [0.25, 0.3) is 66.0 Å². The smallest absolute Gasteiger partial charge is 0.277 e. The summed E-state index contributed by atoms with van der Waals surface area (Å²) in [5.41, 5.74) is 6.13. The van der Waals surface area contributed by atoms with E-state index in [1.165, 1.54) is 27.1 Å². The van der Waals surface area contributed by atoms with E-state index in [4.69, 9.17) is 4.42 Å². The van der Waals surface area contributed by atoms with Crippen molar-refractivity contribution in [3.63, 3.8) is 0 Å². The molecule has 2 heterocycles. The maximum Gasteiger partial charge on any atom is 0.277 e. The van der Waals surface area contributed by atoms with Crippen molar-refractivity contribution in [1.29, 1.82) is 0 Å². The molecule has 0 N–H and O–H groups in total. The lowest BCUT2D eigenvalue weighted by molar-refractivity contribution is -0.666. The minimum absolute atomic E-state index is 0.833. The molecule has 0 spiro atoms. The number of benzene rings is 5. The van der Waals surface area contributed by atoms with Crippen molar-refractivity contribution in [2.75, 3.05) is 0 Å². The molecule has 5 aromatic carbocycles. The van der Waals surface area contributed by atoms with E-state index in [2.05, 4.69) is 102 Å². The van der Waals surface area contributed by atoms with Crippen LogP contribution in [-0.2, 0) is 7.05 Å². The van der Waals surface area contributed by atoms with Gasteiger partial charge in [0.25, 0.3) is 12.2 Å². The van der Waals surface area contributed by atoms with Crippen molar-refractivity contribution < 1.29 is 8.98 Å². The second-order valence-electron chi connectivity index (χ2n) is 9.05. The zero-order chi connectivity index (χ0) is 23.5. The number of fused-ring (bicyclic) bond motifs is 6. The van der Waals surface area contributed by atoms with E-state index in [0.29, 0.717) is 0 Å². The topological polar surface area (TPSA) is 42.8 Å². The molecule has 2 aromatic heterocycles. The number of furan rings is 1. The Hall–Kier alpha value is -4.57. The van der Waals surface area contributed by atoms with Gasteiger partial charge in [0.2, 0.25) is 6.33 Å². The summed E-state index contributed by atoms with van der Waals surface area (Å²) >= 11 is 0. The number of aryl methyl sites for hydroxylation is 2. The molecule has 4 nitrogen and oxygen atoms in total. The summed E-state index contributed by atoms with van der Waals surface area (Å²) in [6.07, 6.45) is 3.36. The molecule has 0 aliphatic carbocycles. The van der Waals surface area contributed by atoms with Crippen molar-refractivity contribution in [2.45, 2.75) is 6.92 Å². The zero-order valence-corrected chi connectivity index (χ0v) is 19.5. The molecule has 4 heteroatoms. The fourth-order valence-electron chi connectivity index (χ4n) is 5.33. The Labute approximate surface area is 202 Å². The Morgan fingerprint density at radius 1 is 0.686 bits per heavy atom. The van der Waals surface area contributed by atoms with E-state index in [1.807, 2.05) is 11.6 Å². The molecule has 0 fully saturated rings. The number of nitrogens with zero attached hydrogens (tertiary/aromatic N) is 3. The quantitative estimate of drug-likeness (QED) is 0.207. The van der Waals surface area contributed by atoms with Crippen LogP contribution in [0.5, 0.6) is 0 Å². The second kappa shape index (κ2) is 7.47. The number of hydrogen-bond acceptors (Lipinski definition) is 3. The molecule has 35 heavy (non-hydrogen) atoms. The van der Waals surface area contributed by atoms with Gasteiger partial charge in [-0.3, -0.25) is 0 Å². The number of hydrogen-bond donors (Lipinski definition) is 0. The number of rotatable bonds is 2. The lowest BCUT2D eigenvalue weighted by Gasteiger charge is -2.11. The first kappa shape index (κ1) is 19.9. The first-order valence-electron chi connectivity index (χ1n) is 11.7. The molecule has 0 unspecified atom stereocenters. The van der Waals surface area contributed by atoms with E-state index in [9.17, 15) is 0 Å². The molecular formula is C31H22N3O+. The van der Waals surface area contributed by atoms with Crippen LogP contribution in [0.2, 0.25) is 0 Å². The van der Waals surface area contributed by atoms with Gasteiger partial charge in [-0.05, 0) is 45.7 Å². The Morgan fingerprint density at radius 2 is 1.43 bits per heavy atom. The first-order valence-corrected chi connectivity index (χ1v) is 11.7. The molecule has 0 radical (unpaired) electrons. The lowest BCUT2D eigenvalue weighted by atomic mass is 9.92. The first-order chi connectivity index (χ1) is 17.2. The lowest BCUT2D eigenvalue weighted by Crippen LogP contribution is -2.32. The molecule has 166 valence electrons. The van der Waals surface area contributed by atoms with Crippen LogP contribution in [0.4, 0.5) is 0 Å². The third-order valence-electron chi connectivity index (χ3n) is 6.98. The van der Waals surface area contributed by atoms with Crippen LogP contribution in [-0.4, -0.2) is 9.97 Å². The number of para-hydroxylation sites is 1. The van der Waals surface area contributed by atoms with Gasteiger partial charge >= 0.3 is 0 Å². The SMILES string of the molecule is Cc1ccc2c(oc3c(-c4cc5ccccc5c5ccccc45)cccc32)c1-c1ncnc[n+]1C. The third-order valence-corrected chi connectivity index (χ3v) is 6.98. The summed E-state index contributed by atoms with van der Waals surface area (Å²) < 4.78 is 8.68. The Morgan fingerprint density at radius 3 is 2.29 bits per heavy atom. The van der Waals surface area contributed by atoms with Crippen LogP contribution < -0.4 is 4.57 Å². The summed E-state index contributed by atoms with van der Waals surface area (Å²) in [6, 6.07) is 30.2. The van der Waals surface area contributed by atoms with Crippen molar-refractivity contribution in [3.05, 3.63) is 103 Å². The van der Waals surface area contributed by atoms with Gasteiger partial charge in [0.15, 0.2) is 0 Å². The highest BCUT2D eigenvalue weighted by Crippen LogP contribution is 2.42. The standard InChI is InChI=1S/C31H22N3O/c1-19-14-15-26-24-12-7-13-25(29(24)35-30(26)28(19)31-33-17-32-18-34(31)2)27-16-20-8-3-4-9-21(20)22-10-5-6-11-23(22)27/h3-18H,1-2H3/q+1. The Balaban J connectivity index is 1.60. The highest BCUT2D eigenvalue weighted by atomic mass is 16.3. The summed E-state index contributed by atoms with van der Waals surface area (Å²) in [7, 11) is 1.96. The van der Waals surface area contributed by atoms with Crippen LogP contribution in [0, 0.1) is 6.92 Å². The fraction of sp³-hybridized carbons (Fsp3) is 0.0645. The predicted octanol–water partition coefficient (Wildman–Crippen LogP) is 7.15. The van der Waals surface area contributed by atoms with Gasteiger partial charge in [-0.1, -0.05) is 88.8 Å². The van der Waals surface area contributed by atoms with Crippen molar-refractivity contribution >= 4 is 43.5 Å². The van der Waals surface area contributed by atoms with Crippen LogP contribution in [0.15, 0.2) is 102 Å². The van der Waals surface area contributed by atoms with Crippen molar-refractivity contribution in [2.24, 2.45) is 7.05 Å². The monoisotopic (exact) mass is 452 g/mol. The average Bonchev–Trinajstić information content (AvgIpc) is 3.28. The van der Waals surface area contributed by atoms with E-state index in [1.54, 1.807) is 12.7 Å². The number of aromatic nitrogens is 3. The van der Waals surface area contributed by atoms with Gasteiger partial charge in [-0.2, -0.15) is 0 Å². The highest BCUT2D eigenvalue weighted by molar-refractivity contribution is 6.18. The summed E-state index contributed by atoms with van der Waals surface area (Å²) in [5, 5.41) is 7.14. The Bertz CT molecular complexity index is 1930.